The molecule has 0 aromatic rings. The van der Waals surface area contributed by atoms with E-state index in [1.165, 1.54) is 0 Å². The van der Waals surface area contributed by atoms with Crippen molar-refractivity contribution in [1.29, 1.82) is 0 Å². The number of hydrogen-bond acceptors (Lipinski definition) is 4. The van der Waals surface area contributed by atoms with Crippen molar-refractivity contribution in [3.05, 3.63) is 25.3 Å². The second-order valence-electron chi connectivity index (χ2n) is 3.34. The van der Waals surface area contributed by atoms with E-state index in [0.717, 1.165) is 6.04 Å². The minimum atomic E-state index is -1.47. The molecule has 0 aliphatic carbocycles. The van der Waals surface area contributed by atoms with E-state index in [9.17, 15) is 0 Å². The molecule has 0 saturated carbocycles. The summed E-state index contributed by atoms with van der Waals surface area (Å²) < 4.78 is 11.2. The van der Waals surface area contributed by atoms with E-state index >= 15 is 0 Å². The van der Waals surface area contributed by atoms with Crippen LogP contribution in [-0.4, -0.2) is 34.3 Å². The molecule has 0 radical (unpaired) electrons. The van der Waals surface area contributed by atoms with Gasteiger partial charge in [0.2, 0.25) is 0 Å². The summed E-state index contributed by atoms with van der Waals surface area (Å²) in [6.07, 6.45) is 3.35. The van der Waals surface area contributed by atoms with Crippen molar-refractivity contribution in [2.45, 2.75) is 32.0 Å². The summed E-state index contributed by atoms with van der Waals surface area (Å²) in [4.78, 5) is 3.31. The van der Waals surface area contributed by atoms with Gasteiger partial charge in [0.15, 0.2) is 14.9 Å². The Morgan fingerprint density at radius 2 is 1.88 bits per heavy atom. The Hall–Kier alpha value is -0.463. The first-order chi connectivity index (χ1) is 7.69. The second-order valence-corrected chi connectivity index (χ2v) is 5.90. The number of ether oxygens (including phenoxy) is 2. The highest BCUT2D eigenvalue weighted by Gasteiger charge is 2.24. The molecule has 0 spiro atoms. The maximum absolute atomic E-state index is 5.79. The number of nitrogens with one attached hydrogen (secondary N) is 1. The molecule has 3 N–H and O–H groups in total. The van der Waals surface area contributed by atoms with Gasteiger partial charge in [-0.1, -0.05) is 12.2 Å². The quantitative estimate of drug-likeness (QED) is 0.340. The summed E-state index contributed by atoms with van der Waals surface area (Å²) in [5.41, 5.74) is 5.79. The molecule has 0 aliphatic heterocycles. The summed E-state index contributed by atoms with van der Waals surface area (Å²) in [5, 5.41) is 0. The number of nitrogens with two attached hydrogens (primary N) is 1. The fraction of sp³-hybridized carbons (Fsp3) is 0.636. The summed E-state index contributed by atoms with van der Waals surface area (Å²) >= 11 is 0. The van der Waals surface area contributed by atoms with Gasteiger partial charge in [-0.15, -0.1) is 13.2 Å². The van der Waals surface area contributed by atoms with E-state index in [0.29, 0.717) is 13.2 Å². The normalized spacial score (nSPS) is 14.8. The summed E-state index contributed by atoms with van der Waals surface area (Å²) in [7, 11) is -1.47. The number of hydrogen-bond donors (Lipinski definition) is 2. The Labute approximate surface area is 100 Å². The third-order valence-corrected chi connectivity index (χ3v) is 4.77. The summed E-state index contributed by atoms with van der Waals surface area (Å²) in [6, 6.07) is 0.867. The molecule has 5 heteroatoms. The zero-order valence-electron chi connectivity index (χ0n) is 10.3. The molecule has 0 fully saturated rings. The van der Waals surface area contributed by atoms with Crippen molar-refractivity contribution in [2.75, 3.05) is 13.2 Å². The highest BCUT2D eigenvalue weighted by Crippen LogP contribution is 2.04. The van der Waals surface area contributed by atoms with Crippen LogP contribution in [0.4, 0.5) is 0 Å². The SMILES string of the molecule is C=CC[SiH](NC(N)C=C)C(OCC)OCC. The predicted molar refractivity (Wildman–Crippen MR) is 70.5 cm³/mol. The molecule has 4 nitrogen and oxygen atoms in total. The molecule has 0 saturated heterocycles. The Morgan fingerprint density at radius 3 is 2.25 bits per heavy atom. The van der Waals surface area contributed by atoms with Crippen LogP contribution >= 0.6 is 0 Å². The molecule has 16 heavy (non-hydrogen) atoms. The highest BCUT2D eigenvalue weighted by atomic mass is 28.3. The Morgan fingerprint density at radius 1 is 1.31 bits per heavy atom. The lowest BCUT2D eigenvalue weighted by molar-refractivity contribution is -0.0867. The Kier molecular flexibility index (Phi) is 9.46. The largest absolute Gasteiger partial charge is 0.355 e. The van der Waals surface area contributed by atoms with Crippen molar-refractivity contribution >= 4 is 8.96 Å². The van der Waals surface area contributed by atoms with Gasteiger partial charge in [0, 0.05) is 13.2 Å². The van der Waals surface area contributed by atoms with Crippen LogP contribution in [0.2, 0.25) is 6.04 Å². The van der Waals surface area contributed by atoms with Gasteiger partial charge in [0.25, 0.3) is 0 Å². The van der Waals surface area contributed by atoms with Gasteiger partial charge < -0.3 is 20.2 Å². The van der Waals surface area contributed by atoms with E-state index < -0.39 is 8.96 Å². The molecular formula is C11H24N2O2Si. The standard InChI is InChI=1S/C11H24N2O2Si/c1-5-9-16(13-10(12)6-2)11(14-7-3)15-8-4/h5-6,10-11,13,16H,1-2,7-9,12H2,3-4H3. The van der Waals surface area contributed by atoms with Crippen molar-refractivity contribution < 1.29 is 9.47 Å². The van der Waals surface area contributed by atoms with Gasteiger partial charge >= 0.3 is 0 Å². The van der Waals surface area contributed by atoms with E-state index in [1.807, 2.05) is 19.9 Å². The summed E-state index contributed by atoms with van der Waals surface area (Å²) in [5.74, 6) is -0.168. The van der Waals surface area contributed by atoms with Crippen LogP contribution in [-0.2, 0) is 9.47 Å². The van der Waals surface area contributed by atoms with Gasteiger partial charge in [0.05, 0.1) is 6.17 Å². The maximum atomic E-state index is 5.79. The molecule has 2 atom stereocenters. The van der Waals surface area contributed by atoms with Gasteiger partial charge in [-0.05, 0) is 19.9 Å². The molecule has 0 heterocycles. The first-order valence-corrected chi connectivity index (χ1v) is 7.73. The fourth-order valence-electron chi connectivity index (χ4n) is 1.36. The minimum Gasteiger partial charge on any atom is -0.355 e. The second kappa shape index (κ2) is 9.74. The number of allylic oxidation sites excluding steroid dienone is 1. The van der Waals surface area contributed by atoms with Gasteiger partial charge in [-0.25, -0.2) is 0 Å². The van der Waals surface area contributed by atoms with E-state index in [-0.39, 0.29) is 12.1 Å². The van der Waals surface area contributed by atoms with E-state index in [2.05, 4.69) is 18.1 Å². The fourth-order valence-corrected chi connectivity index (χ4v) is 3.72. The first kappa shape index (κ1) is 15.5. The zero-order chi connectivity index (χ0) is 12.4. The van der Waals surface area contributed by atoms with E-state index in [4.69, 9.17) is 15.2 Å². The van der Waals surface area contributed by atoms with Crippen LogP contribution in [0.5, 0.6) is 0 Å². The molecule has 0 aromatic heterocycles. The zero-order valence-corrected chi connectivity index (χ0v) is 11.5. The van der Waals surface area contributed by atoms with E-state index in [1.54, 1.807) is 6.08 Å². The van der Waals surface area contributed by atoms with Crippen LogP contribution in [0.3, 0.4) is 0 Å². The lowest BCUT2D eigenvalue weighted by atomic mass is 10.5. The lowest BCUT2D eigenvalue weighted by Crippen LogP contribution is -2.53. The molecule has 94 valence electrons. The van der Waals surface area contributed by atoms with Gasteiger partial charge in [-0.2, -0.15) is 0 Å². The third-order valence-electron chi connectivity index (χ3n) is 2.07. The van der Waals surface area contributed by atoms with Crippen LogP contribution < -0.4 is 10.7 Å². The smallest absolute Gasteiger partial charge is 0.180 e. The molecule has 0 aromatic carbocycles. The number of rotatable bonds is 10. The van der Waals surface area contributed by atoms with Gasteiger partial charge in [-0.3, -0.25) is 0 Å². The molecule has 0 aliphatic rings. The third kappa shape index (κ3) is 6.19. The Bertz CT molecular complexity index is 196. The topological polar surface area (TPSA) is 56.5 Å². The lowest BCUT2D eigenvalue weighted by Gasteiger charge is -2.27. The van der Waals surface area contributed by atoms with Crippen molar-refractivity contribution in [3.8, 4) is 0 Å². The summed E-state index contributed by atoms with van der Waals surface area (Å²) in [6.45, 7) is 12.6. The van der Waals surface area contributed by atoms with Crippen molar-refractivity contribution in [3.63, 3.8) is 0 Å². The first-order valence-electron chi connectivity index (χ1n) is 5.67. The molecule has 2 unspecified atom stereocenters. The van der Waals surface area contributed by atoms with Crippen LogP contribution in [0.15, 0.2) is 25.3 Å². The molecule has 0 amide bonds. The van der Waals surface area contributed by atoms with Crippen molar-refractivity contribution in [1.82, 2.24) is 4.98 Å². The van der Waals surface area contributed by atoms with Gasteiger partial charge in [0.1, 0.15) is 0 Å². The molecule has 0 rings (SSSR count). The average molecular weight is 244 g/mol. The predicted octanol–water partition coefficient (Wildman–Crippen LogP) is 0.895. The average Bonchev–Trinajstić information content (AvgIpc) is 2.28. The molecule has 0 bridgehead atoms. The molecular weight excluding hydrogens is 220 g/mol. The maximum Gasteiger partial charge on any atom is 0.180 e. The highest BCUT2D eigenvalue weighted by molar-refractivity contribution is 6.57. The van der Waals surface area contributed by atoms with Crippen LogP contribution in [0.1, 0.15) is 13.8 Å². The Balaban J connectivity index is 4.41. The monoisotopic (exact) mass is 244 g/mol. The van der Waals surface area contributed by atoms with Crippen molar-refractivity contribution in [2.24, 2.45) is 5.73 Å². The van der Waals surface area contributed by atoms with Crippen LogP contribution in [0, 0.1) is 0 Å². The van der Waals surface area contributed by atoms with Crippen LogP contribution in [0.25, 0.3) is 0 Å². The minimum absolute atomic E-state index is 0.168.